The lowest BCUT2D eigenvalue weighted by molar-refractivity contribution is -0.142. The van der Waals surface area contributed by atoms with E-state index in [-0.39, 0.29) is 30.1 Å². The highest BCUT2D eigenvalue weighted by Crippen LogP contribution is 2.19. The summed E-state index contributed by atoms with van der Waals surface area (Å²) in [4.78, 5) is 36.8. The van der Waals surface area contributed by atoms with Gasteiger partial charge in [0.05, 0.1) is 0 Å². The number of esters is 2. The van der Waals surface area contributed by atoms with Gasteiger partial charge in [0, 0.05) is 12.8 Å². The van der Waals surface area contributed by atoms with Gasteiger partial charge < -0.3 is 9.47 Å². The van der Waals surface area contributed by atoms with Gasteiger partial charge in [-0.3, -0.25) is 14.4 Å². The minimum absolute atomic E-state index is 0.101. The van der Waals surface area contributed by atoms with E-state index in [1.165, 1.54) is 115 Å². The molecule has 0 N–H and O–H groups in total. The summed E-state index contributed by atoms with van der Waals surface area (Å²) in [6.07, 6.45) is 31.6. The second kappa shape index (κ2) is 27.4. The van der Waals surface area contributed by atoms with Gasteiger partial charge in [0.25, 0.3) is 0 Å². The molecule has 5 heteroatoms. The lowest BCUT2D eigenvalue weighted by atomic mass is 10.0. The average molecular weight is 617 g/mol. The van der Waals surface area contributed by atoms with Crippen LogP contribution in [0.5, 0.6) is 0 Å². The third-order valence-electron chi connectivity index (χ3n) is 8.59. The Bertz CT molecular complexity index is 822. The van der Waals surface area contributed by atoms with Gasteiger partial charge in [0.2, 0.25) is 5.78 Å². The second-order valence-electron chi connectivity index (χ2n) is 14.0. The zero-order valence-electron chi connectivity index (χ0n) is 29.2. The molecule has 0 atom stereocenters. The van der Waals surface area contributed by atoms with E-state index < -0.39 is 0 Å². The molecule has 0 saturated carbocycles. The van der Waals surface area contributed by atoms with Gasteiger partial charge in [0.15, 0.2) is 5.76 Å². The highest BCUT2D eigenvalue weighted by Gasteiger charge is 2.19. The summed E-state index contributed by atoms with van der Waals surface area (Å²) in [5.41, 5.74) is 0.739. The summed E-state index contributed by atoms with van der Waals surface area (Å²) in [6.45, 7) is 9.30. The van der Waals surface area contributed by atoms with E-state index in [0.29, 0.717) is 19.3 Å². The largest absolute Gasteiger partial charge is 0.461 e. The molecule has 0 aromatic heterocycles. The molecular weight excluding hydrogens is 548 g/mol. The number of carbonyl (C=O) groups excluding carboxylic acids is 3. The Morgan fingerprint density at radius 2 is 0.977 bits per heavy atom. The first-order valence-electron chi connectivity index (χ1n) is 18.6. The summed E-state index contributed by atoms with van der Waals surface area (Å²) in [5.74, 6) is 0.875. The lowest BCUT2D eigenvalue weighted by Gasteiger charge is -2.13. The van der Waals surface area contributed by atoms with Crippen molar-refractivity contribution >= 4 is 17.7 Å². The van der Waals surface area contributed by atoms with Gasteiger partial charge in [0.1, 0.15) is 6.61 Å². The molecule has 5 nitrogen and oxygen atoms in total. The predicted octanol–water partition coefficient (Wildman–Crippen LogP) is 11.5. The van der Waals surface area contributed by atoms with Gasteiger partial charge in [-0.2, -0.15) is 0 Å². The minimum Gasteiger partial charge on any atom is -0.461 e. The van der Waals surface area contributed by atoms with Gasteiger partial charge in [-0.05, 0) is 48.8 Å². The van der Waals surface area contributed by atoms with Crippen molar-refractivity contribution in [1.29, 1.82) is 0 Å². The van der Waals surface area contributed by atoms with E-state index in [1.807, 2.05) is 0 Å². The third-order valence-corrected chi connectivity index (χ3v) is 8.59. The third kappa shape index (κ3) is 24.4. The Balaban J connectivity index is 1.98. The molecule has 0 saturated heterocycles. The van der Waals surface area contributed by atoms with E-state index in [4.69, 9.17) is 9.47 Å². The Labute approximate surface area is 271 Å². The van der Waals surface area contributed by atoms with Crippen LogP contribution in [0.25, 0.3) is 0 Å². The normalized spacial score (nSPS) is 13.4. The zero-order valence-corrected chi connectivity index (χ0v) is 29.2. The maximum atomic E-state index is 12.4. The lowest BCUT2D eigenvalue weighted by Crippen LogP contribution is -2.15. The van der Waals surface area contributed by atoms with Gasteiger partial charge >= 0.3 is 11.9 Å². The van der Waals surface area contributed by atoms with E-state index in [2.05, 4.69) is 27.7 Å². The molecule has 1 aliphatic rings. The van der Waals surface area contributed by atoms with Crippen LogP contribution < -0.4 is 0 Å². The molecule has 44 heavy (non-hydrogen) atoms. The Morgan fingerprint density at radius 3 is 1.39 bits per heavy atom. The zero-order chi connectivity index (χ0) is 32.3. The Kier molecular flexibility index (Phi) is 25.0. The first kappa shape index (κ1) is 40.1. The molecule has 0 aromatic rings. The van der Waals surface area contributed by atoms with Crippen molar-refractivity contribution in [3.05, 3.63) is 23.5 Å². The SMILES string of the molecule is CC(C)CCCCCCCCCCCCC(=O)OCC1=CC(=O)C(OC(=O)CCCCCCCCCCCCC(C)C)=CC1. The summed E-state index contributed by atoms with van der Waals surface area (Å²) >= 11 is 0. The number of rotatable bonds is 29. The molecule has 0 aromatic carbocycles. The standard InChI is InChI=1S/C39H68O5/c1-33(2)25-21-17-13-9-5-7-11-15-19-23-27-38(41)43-32-35-29-30-37(36(40)31-35)44-39(42)28-24-20-16-12-8-6-10-14-18-22-26-34(3)4/h30-31,33-34H,5-29,32H2,1-4H3. The van der Waals surface area contributed by atoms with E-state index >= 15 is 0 Å². The smallest absolute Gasteiger partial charge is 0.311 e. The number of unbranched alkanes of at least 4 members (excludes halogenated alkanes) is 18. The van der Waals surface area contributed by atoms with Crippen molar-refractivity contribution in [1.82, 2.24) is 0 Å². The molecule has 0 bridgehead atoms. The average Bonchev–Trinajstić information content (AvgIpc) is 2.98. The molecule has 254 valence electrons. The number of ether oxygens (including phenoxy) is 2. The molecule has 1 rings (SSSR count). The van der Waals surface area contributed by atoms with Crippen molar-refractivity contribution in [3.8, 4) is 0 Å². The van der Waals surface area contributed by atoms with Crippen molar-refractivity contribution in [2.45, 2.75) is 188 Å². The van der Waals surface area contributed by atoms with Crippen LogP contribution in [-0.4, -0.2) is 24.3 Å². The van der Waals surface area contributed by atoms with Crippen LogP contribution in [0.15, 0.2) is 23.5 Å². The minimum atomic E-state index is -0.341. The van der Waals surface area contributed by atoms with Gasteiger partial charge in [-0.1, -0.05) is 156 Å². The molecule has 0 unspecified atom stereocenters. The van der Waals surface area contributed by atoms with Crippen molar-refractivity contribution in [2.24, 2.45) is 11.8 Å². The summed E-state index contributed by atoms with van der Waals surface area (Å²) in [6, 6.07) is 0. The first-order chi connectivity index (χ1) is 21.3. The maximum Gasteiger partial charge on any atom is 0.311 e. The van der Waals surface area contributed by atoms with E-state index in [9.17, 15) is 14.4 Å². The summed E-state index contributed by atoms with van der Waals surface area (Å²) < 4.78 is 10.7. The van der Waals surface area contributed by atoms with Crippen LogP contribution in [0, 0.1) is 11.8 Å². The predicted molar refractivity (Wildman–Crippen MR) is 183 cm³/mol. The molecule has 0 spiro atoms. The summed E-state index contributed by atoms with van der Waals surface area (Å²) in [5, 5.41) is 0. The number of allylic oxidation sites excluding steroid dienone is 2. The topological polar surface area (TPSA) is 69.7 Å². The molecule has 1 aliphatic carbocycles. The monoisotopic (exact) mass is 617 g/mol. The second-order valence-corrected chi connectivity index (χ2v) is 14.0. The van der Waals surface area contributed by atoms with Crippen molar-refractivity contribution in [3.63, 3.8) is 0 Å². The Hall–Kier alpha value is -1.91. The molecular formula is C39H68O5. The Morgan fingerprint density at radius 1 is 0.591 bits per heavy atom. The molecule has 0 aliphatic heterocycles. The highest BCUT2D eigenvalue weighted by molar-refractivity contribution is 6.05. The molecule has 0 radical (unpaired) electrons. The van der Waals surface area contributed by atoms with Crippen LogP contribution in [0.4, 0.5) is 0 Å². The quantitative estimate of drug-likeness (QED) is 0.0617. The van der Waals surface area contributed by atoms with Crippen LogP contribution in [0.1, 0.15) is 188 Å². The molecule has 0 fully saturated rings. The first-order valence-corrected chi connectivity index (χ1v) is 18.6. The fourth-order valence-corrected chi connectivity index (χ4v) is 5.72. The van der Waals surface area contributed by atoms with Crippen LogP contribution in [0.3, 0.4) is 0 Å². The van der Waals surface area contributed by atoms with E-state index in [0.717, 1.165) is 49.5 Å². The fourth-order valence-electron chi connectivity index (χ4n) is 5.72. The number of carbonyl (C=O) groups is 3. The summed E-state index contributed by atoms with van der Waals surface area (Å²) in [7, 11) is 0. The number of ketones is 1. The molecule has 0 amide bonds. The van der Waals surface area contributed by atoms with Gasteiger partial charge in [-0.25, -0.2) is 0 Å². The maximum absolute atomic E-state index is 12.4. The van der Waals surface area contributed by atoms with Crippen LogP contribution in [-0.2, 0) is 23.9 Å². The molecule has 0 heterocycles. The number of hydrogen-bond donors (Lipinski definition) is 0. The van der Waals surface area contributed by atoms with Crippen molar-refractivity contribution < 1.29 is 23.9 Å². The number of hydrogen-bond acceptors (Lipinski definition) is 5. The van der Waals surface area contributed by atoms with Gasteiger partial charge in [-0.15, -0.1) is 0 Å². The van der Waals surface area contributed by atoms with Crippen LogP contribution in [0.2, 0.25) is 0 Å². The van der Waals surface area contributed by atoms with Crippen molar-refractivity contribution in [2.75, 3.05) is 6.61 Å². The van der Waals surface area contributed by atoms with Crippen LogP contribution >= 0.6 is 0 Å². The highest BCUT2D eigenvalue weighted by atomic mass is 16.5. The fraction of sp³-hybridized carbons (Fsp3) is 0.821. The van der Waals surface area contributed by atoms with E-state index in [1.54, 1.807) is 6.08 Å².